The van der Waals surface area contributed by atoms with Crippen molar-refractivity contribution in [3.8, 4) is 22.8 Å². The van der Waals surface area contributed by atoms with Crippen LogP contribution in [0, 0.1) is 0 Å². The monoisotopic (exact) mass is 384 g/mol. The van der Waals surface area contributed by atoms with Crippen LogP contribution in [0.15, 0.2) is 53.6 Å². The summed E-state index contributed by atoms with van der Waals surface area (Å²) in [7, 11) is 3.12. The number of aromatic nitrogens is 2. The van der Waals surface area contributed by atoms with Crippen molar-refractivity contribution in [3.05, 3.63) is 64.8 Å². The van der Waals surface area contributed by atoms with Crippen LogP contribution in [0.5, 0.6) is 11.5 Å². The van der Waals surface area contributed by atoms with Gasteiger partial charge in [-0.3, -0.25) is 9.89 Å². The minimum Gasteiger partial charge on any atom is -0.493 e. The number of hydrazone groups is 1. The Morgan fingerprint density at radius 1 is 1.11 bits per heavy atom. The fourth-order valence-corrected chi connectivity index (χ4v) is 2.49. The molecule has 3 aromatic rings. The highest BCUT2D eigenvalue weighted by Gasteiger charge is 2.10. The van der Waals surface area contributed by atoms with E-state index in [1.54, 1.807) is 50.6 Å². The largest absolute Gasteiger partial charge is 0.493 e. The van der Waals surface area contributed by atoms with Gasteiger partial charge in [-0.1, -0.05) is 23.7 Å². The Hall–Kier alpha value is -3.32. The lowest BCUT2D eigenvalue weighted by molar-refractivity contribution is 0.0950. The molecule has 0 saturated heterocycles. The molecule has 0 radical (unpaired) electrons. The van der Waals surface area contributed by atoms with E-state index in [9.17, 15) is 4.79 Å². The van der Waals surface area contributed by atoms with Gasteiger partial charge in [0.25, 0.3) is 5.91 Å². The number of H-pyrrole nitrogens is 1. The molecule has 0 aliphatic heterocycles. The summed E-state index contributed by atoms with van der Waals surface area (Å²) in [5, 5.41) is 11.4. The molecule has 1 amide bonds. The van der Waals surface area contributed by atoms with E-state index in [-0.39, 0.29) is 0 Å². The van der Waals surface area contributed by atoms with Crippen molar-refractivity contribution in [1.82, 2.24) is 15.6 Å². The summed E-state index contributed by atoms with van der Waals surface area (Å²) < 4.78 is 10.4. The van der Waals surface area contributed by atoms with Gasteiger partial charge < -0.3 is 9.47 Å². The molecule has 0 saturated carbocycles. The third kappa shape index (κ3) is 4.45. The zero-order chi connectivity index (χ0) is 19.2. The minimum absolute atomic E-state index is 0.296. The number of amides is 1. The maximum atomic E-state index is 12.2. The lowest BCUT2D eigenvalue weighted by atomic mass is 10.1. The number of rotatable bonds is 6. The van der Waals surface area contributed by atoms with Crippen LogP contribution in [0.25, 0.3) is 11.3 Å². The molecule has 0 spiro atoms. The second-order valence-electron chi connectivity index (χ2n) is 5.49. The Bertz CT molecular complexity index is 967. The molecule has 1 aromatic heterocycles. The molecule has 138 valence electrons. The number of nitrogens with zero attached hydrogens (tertiary/aromatic N) is 2. The Labute approximate surface area is 161 Å². The van der Waals surface area contributed by atoms with Crippen molar-refractivity contribution in [2.45, 2.75) is 0 Å². The molecule has 7 nitrogen and oxygen atoms in total. The molecule has 0 fully saturated rings. The fourth-order valence-electron chi connectivity index (χ4n) is 2.37. The molecule has 3 rings (SSSR count). The van der Waals surface area contributed by atoms with Crippen molar-refractivity contribution in [3.63, 3.8) is 0 Å². The van der Waals surface area contributed by atoms with Crippen LogP contribution >= 0.6 is 11.6 Å². The van der Waals surface area contributed by atoms with Gasteiger partial charge in [-0.2, -0.15) is 10.2 Å². The molecular formula is C19H17ClN4O3. The van der Waals surface area contributed by atoms with Crippen molar-refractivity contribution in [2.24, 2.45) is 5.10 Å². The van der Waals surface area contributed by atoms with Crippen LogP contribution in [-0.2, 0) is 0 Å². The highest BCUT2D eigenvalue weighted by Crippen LogP contribution is 2.26. The zero-order valence-corrected chi connectivity index (χ0v) is 15.4. The fraction of sp³-hybridized carbons (Fsp3) is 0.105. The van der Waals surface area contributed by atoms with Gasteiger partial charge in [0.1, 0.15) is 5.69 Å². The topological polar surface area (TPSA) is 88.6 Å². The smallest absolute Gasteiger partial charge is 0.289 e. The third-order valence-corrected chi connectivity index (χ3v) is 4.00. The van der Waals surface area contributed by atoms with Crippen LogP contribution in [-0.4, -0.2) is 36.5 Å². The molecule has 0 unspecified atom stereocenters. The van der Waals surface area contributed by atoms with Crippen LogP contribution in [0.2, 0.25) is 5.02 Å². The van der Waals surface area contributed by atoms with Crippen molar-refractivity contribution in [1.29, 1.82) is 0 Å². The van der Waals surface area contributed by atoms with Gasteiger partial charge in [-0.15, -0.1) is 0 Å². The number of nitrogens with one attached hydrogen (secondary N) is 2. The Kier molecular flexibility index (Phi) is 5.73. The van der Waals surface area contributed by atoms with E-state index in [1.165, 1.54) is 6.21 Å². The zero-order valence-electron chi connectivity index (χ0n) is 14.7. The Morgan fingerprint density at radius 3 is 2.56 bits per heavy atom. The van der Waals surface area contributed by atoms with Crippen LogP contribution in [0.1, 0.15) is 16.1 Å². The van der Waals surface area contributed by atoms with Gasteiger partial charge in [0.05, 0.1) is 26.1 Å². The van der Waals surface area contributed by atoms with Gasteiger partial charge in [-0.05, 0) is 42.0 Å². The predicted octanol–water partition coefficient (Wildman–Crippen LogP) is 3.51. The van der Waals surface area contributed by atoms with E-state index in [4.69, 9.17) is 21.1 Å². The average molecular weight is 385 g/mol. The maximum absolute atomic E-state index is 12.2. The van der Waals surface area contributed by atoms with Crippen LogP contribution < -0.4 is 14.9 Å². The number of carbonyl (C=O) groups excluding carboxylic acids is 1. The molecule has 2 N–H and O–H groups in total. The molecule has 2 aromatic carbocycles. The normalized spacial score (nSPS) is 10.8. The quantitative estimate of drug-likeness (QED) is 0.502. The highest BCUT2D eigenvalue weighted by molar-refractivity contribution is 6.30. The first-order chi connectivity index (χ1) is 13.1. The molecular weight excluding hydrogens is 368 g/mol. The lowest BCUT2D eigenvalue weighted by Gasteiger charge is -2.07. The number of carbonyl (C=O) groups is 1. The van der Waals surface area contributed by atoms with Gasteiger partial charge in [0, 0.05) is 10.6 Å². The van der Waals surface area contributed by atoms with E-state index >= 15 is 0 Å². The number of hydrogen-bond acceptors (Lipinski definition) is 5. The summed E-state index contributed by atoms with van der Waals surface area (Å²) in [4.78, 5) is 12.2. The second-order valence-corrected chi connectivity index (χ2v) is 5.92. The van der Waals surface area contributed by atoms with E-state index in [2.05, 4.69) is 20.7 Å². The van der Waals surface area contributed by atoms with Gasteiger partial charge in [0.2, 0.25) is 0 Å². The minimum atomic E-state index is -0.403. The van der Waals surface area contributed by atoms with Crippen molar-refractivity contribution in [2.75, 3.05) is 14.2 Å². The molecule has 0 bridgehead atoms. The van der Waals surface area contributed by atoms with E-state index in [0.29, 0.717) is 27.9 Å². The van der Waals surface area contributed by atoms with Crippen molar-refractivity contribution >= 4 is 23.7 Å². The van der Waals surface area contributed by atoms with E-state index in [1.807, 2.05) is 12.1 Å². The first kappa shape index (κ1) is 18.5. The third-order valence-electron chi connectivity index (χ3n) is 3.75. The van der Waals surface area contributed by atoms with Gasteiger partial charge in [0.15, 0.2) is 11.5 Å². The first-order valence-electron chi connectivity index (χ1n) is 7.97. The average Bonchev–Trinajstić information content (AvgIpc) is 3.18. The summed E-state index contributed by atoms with van der Waals surface area (Å²) >= 11 is 5.88. The summed E-state index contributed by atoms with van der Waals surface area (Å²) in [6.45, 7) is 0. The highest BCUT2D eigenvalue weighted by atomic mass is 35.5. The lowest BCUT2D eigenvalue weighted by Crippen LogP contribution is -2.18. The van der Waals surface area contributed by atoms with Gasteiger partial charge in [-0.25, -0.2) is 5.43 Å². The van der Waals surface area contributed by atoms with Gasteiger partial charge >= 0.3 is 0 Å². The maximum Gasteiger partial charge on any atom is 0.289 e. The predicted molar refractivity (Wildman–Crippen MR) is 104 cm³/mol. The van der Waals surface area contributed by atoms with E-state index in [0.717, 1.165) is 11.1 Å². The number of halogens is 1. The molecule has 0 atom stereocenters. The number of aromatic amines is 1. The molecule has 0 aliphatic carbocycles. The second kappa shape index (κ2) is 8.37. The van der Waals surface area contributed by atoms with Crippen molar-refractivity contribution < 1.29 is 14.3 Å². The van der Waals surface area contributed by atoms with Crippen LogP contribution in [0.4, 0.5) is 0 Å². The summed E-state index contributed by atoms with van der Waals surface area (Å²) in [5.41, 5.74) is 4.99. The molecule has 0 aliphatic rings. The summed E-state index contributed by atoms with van der Waals surface area (Å²) in [6, 6.07) is 14.1. The standard InChI is InChI=1S/C19H17ClN4O3/c1-26-17-8-3-12(9-18(17)27-2)11-21-24-19(25)16-10-15(22-23-16)13-4-6-14(20)7-5-13/h3-11H,1-2H3,(H,22,23)(H,24,25)/b21-11+. The number of ether oxygens (including phenoxy) is 2. The molecule has 1 heterocycles. The Morgan fingerprint density at radius 2 is 1.85 bits per heavy atom. The number of hydrogen-bond donors (Lipinski definition) is 2. The molecule has 8 heteroatoms. The Balaban J connectivity index is 1.66. The van der Waals surface area contributed by atoms with Crippen LogP contribution in [0.3, 0.4) is 0 Å². The SMILES string of the molecule is COc1ccc(/C=N/NC(=O)c2cc(-c3ccc(Cl)cc3)n[nH]2)cc1OC. The summed E-state index contributed by atoms with van der Waals surface area (Å²) in [6.07, 6.45) is 1.51. The number of benzene rings is 2. The number of methoxy groups -OCH3 is 2. The molecule has 27 heavy (non-hydrogen) atoms. The first-order valence-corrected chi connectivity index (χ1v) is 8.35. The summed E-state index contributed by atoms with van der Waals surface area (Å²) in [5.74, 6) is 0.791. The van der Waals surface area contributed by atoms with E-state index < -0.39 is 5.91 Å².